The fourth-order valence-electron chi connectivity index (χ4n) is 2.67. The molecule has 0 aromatic rings. The molecule has 2 rings (SSSR count). The smallest absolute Gasteiger partial charge is 0.234 e. The molecule has 0 unspecified atom stereocenters. The highest BCUT2D eigenvalue weighted by Crippen LogP contribution is 2.23. The SMILES string of the molecule is NC(=O)[C@H]1CCCN1C1CCNCC1. The predicted molar refractivity (Wildman–Crippen MR) is 54.8 cm³/mol. The van der Waals surface area contributed by atoms with Crippen molar-refractivity contribution >= 4 is 5.91 Å². The van der Waals surface area contributed by atoms with Crippen LogP contribution in [0.1, 0.15) is 25.7 Å². The van der Waals surface area contributed by atoms with Gasteiger partial charge in [0.15, 0.2) is 0 Å². The van der Waals surface area contributed by atoms with Crippen LogP contribution in [0, 0.1) is 0 Å². The summed E-state index contributed by atoms with van der Waals surface area (Å²) < 4.78 is 0. The van der Waals surface area contributed by atoms with E-state index >= 15 is 0 Å². The second-order valence-electron chi connectivity index (χ2n) is 4.28. The second-order valence-corrected chi connectivity index (χ2v) is 4.28. The number of carbonyl (C=O) groups is 1. The van der Waals surface area contributed by atoms with E-state index in [1.807, 2.05) is 0 Å². The lowest BCUT2D eigenvalue weighted by atomic mass is 10.0. The first-order valence-electron chi connectivity index (χ1n) is 5.55. The molecular formula is C10H19N3O. The van der Waals surface area contributed by atoms with Gasteiger partial charge in [-0.15, -0.1) is 0 Å². The Kier molecular flexibility index (Phi) is 3.03. The van der Waals surface area contributed by atoms with Gasteiger partial charge in [0.2, 0.25) is 5.91 Å². The summed E-state index contributed by atoms with van der Waals surface area (Å²) in [6.45, 7) is 3.21. The summed E-state index contributed by atoms with van der Waals surface area (Å²) in [6.07, 6.45) is 4.39. The Hall–Kier alpha value is -0.610. The second kappa shape index (κ2) is 4.28. The van der Waals surface area contributed by atoms with Crippen LogP contribution in [0.3, 0.4) is 0 Å². The van der Waals surface area contributed by atoms with Crippen LogP contribution in [0.15, 0.2) is 0 Å². The Balaban J connectivity index is 1.97. The van der Waals surface area contributed by atoms with Crippen molar-refractivity contribution in [2.24, 2.45) is 5.73 Å². The number of piperidine rings is 1. The molecule has 0 spiro atoms. The highest BCUT2D eigenvalue weighted by atomic mass is 16.1. The monoisotopic (exact) mass is 197 g/mol. The molecule has 1 atom stereocenters. The number of rotatable bonds is 2. The molecule has 2 heterocycles. The number of primary amides is 1. The Morgan fingerprint density at radius 2 is 2.00 bits per heavy atom. The van der Waals surface area contributed by atoms with Gasteiger partial charge < -0.3 is 11.1 Å². The Morgan fingerprint density at radius 3 is 2.64 bits per heavy atom. The van der Waals surface area contributed by atoms with E-state index in [1.165, 1.54) is 0 Å². The molecule has 0 bridgehead atoms. The molecule has 1 amide bonds. The van der Waals surface area contributed by atoms with Crippen molar-refractivity contribution in [3.05, 3.63) is 0 Å². The summed E-state index contributed by atoms with van der Waals surface area (Å²) in [5.41, 5.74) is 5.40. The minimum absolute atomic E-state index is 0.0121. The van der Waals surface area contributed by atoms with Gasteiger partial charge in [-0.1, -0.05) is 0 Å². The number of hydrogen-bond donors (Lipinski definition) is 2. The number of amides is 1. The number of carbonyl (C=O) groups excluding carboxylic acids is 1. The van der Waals surface area contributed by atoms with Crippen LogP contribution < -0.4 is 11.1 Å². The van der Waals surface area contributed by atoms with Crippen molar-refractivity contribution in [3.8, 4) is 0 Å². The first-order valence-corrected chi connectivity index (χ1v) is 5.55. The molecule has 0 radical (unpaired) electrons. The van der Waals surface area contributed by atoms with E-state index in [1.54, 1.807) is 0 Å². The fourth-order valence-corrected chi connectivity index (χ4v) is 2.67. The maximum absolute atomic E-state index is 11.2. The predicted octanol–water partition coefficient (Wildman–Crippen LogP) is -0.312. The topological polar surface area (TPSA) is 58.4 Å². The Morgan fingerprint density at radius 1 is 1.29 bits per heavy atom. The van der Waals surface area contributed by atoms with E-state index in [2.05, 4.69) is 10.2 Å². The van der Waals surface area contributed by atoms with Crippen LogP contribution in [0.2, 0.25) is 0 Å². The maximum atomic E-state index is 11.2. The standard InChI is InChI=1S/C10H19N3O/c11-10(14)9-2-1-7-13(9)8-3-5-12-6-4-8/h8-9,12H,1-7H2,(H2,11,14)/t9-/m1/s1. The van der Waals surface area contributed by atoms with Crippen molar-refractivity contribution in [1.29, 1.82) is 0 Å². The van der Waals surface area contributed by atoms with Crippen molar-refractivity contribution in [3.63, 3.8) is 0 Å². The summed E-state index contributed by atoms with van der Waals surface area (Å²) in [4.78, 5) is 13.5. The quantitative estimate of drug-likeness (QED) is 0.638. The van der Waals surface area contributed by atoms with E-state index in [0.29, 0.717) is 6.04 Å². The summed E-state index contributed by atoms with van der Waals surface area (Å²) in [6, 6.07) is 0.592. The lowest BCUT2D eigenvalue weighted by Crippen LogP contribution is -2.49. The molecule has 0 aromatic carbocycles. The van der Waals surface area contributed by atoms with Gasteiger partial charge in [-0.2, -0.15) is 0 Å². The summed E-state index contributed by atoms with van der Waals surface area (Å²) >= 11 is 0. The lowest BCUT2D eigenvalue weighted by molar-refractivity contribution is -0.123. The number of likely N-dealkylation sites (tertiary alicyclic amines) is 1. The number of nitrogens with two attached hydrogens (primary N) is 1. The first-order chi connectivity index (χ1) is 6.79. The van der Waals surface area contributed by atoms with E-state index in [4.69, 9.17) is 5.73 Å². The summed E-state index contributed by atoms with van der Waals surface area (Å²) in [5, 5.41) is 3.34. The maximum Gasteiger partial charge on any atom is 0.234 e. The van der Waals surface area contributed by atoms with Gasteiger partial charge in [0.25, 0.3) is 0 Å². The molecule has 0 saturated carbocycles. The highest BCUT2D eigenvalue weighted by Gasteiger charge is 2.34. The molecule has 80 valence electrons. The van der Waals surface area contributed by atoms with Gasteiger partial charge in [-0.25, -0.2) is 0 Å². The molecule has 4 nitrogen and oxygen atoms in total. The molecule has 2 fully saturated rings. The summed E-state index contributed by atoms with van der Waals surface area (Å²) in [7, 11) is 0. The van der Waals surface area contributed by atoms with Crippen molar-refractivity contribution in [1.82, 2.24) is 10.2 Å². The Bertz CT molecular complexity index is 213. The molecule has 2 aliphatic heterocycles. The average Bonchev–Trinajstić information content (AvgIpc) is 2.67. The number of hydrogen-bond acceptors (Lipinski definition) is 3. The van der Waals surface area contributed by atoms with E-state index in [0.717, 1.165) is 45.3 Å². The molecule has 14 heavy (non-hydrogen) atoms. The van der Waals surface area contributed by atoms with Gasteiger partial charge in [0, 0.05) is 6.04 Å². The van der Waals surface area contributed by atoms with Gasteiger partial charge in [-0.3, -0.25) is 9.69 Å². The largest absolute Gasteiger partial charge is 0.368 e. The minimum Gasteiger partial charge on any atom is -0.368 e. The molecule has 2 aliphatic rings. The Labute approximate surface area is 84.8 Å². The van der Waals surface area contributed by atoms with E-state index < -0.39 is 0 Å². The molecule has 2 saturated heterocycles. The van der Waals surface area contributed by atoms with Crippen LogP contribution in [0.5, 0.6) is 0 Å². The molecule has 4 heteroatoms. The lowest BCUT2D eigenvalue weighted by Gasteiger charge is -2.34. The van der Waals surface area contributed by atoms with Crippen LogP contribution >= 0.6 is 0 Å². The van der Waals surface area contributed by atoms with Crippen LogP contribution in [-0.4, -0.2) is 42.5 Å². The number of nitrogens with one attached hydrogen (secondary N) is 1. The fraction of sp³-hybridized carbons (Fsp3) is 0.900. The van der Waals surface area contributed by atoms with Crippen molar-refractivity contribution in [2.75, 3.05) is 19.6 Å². The molecule has 3 N–H and O–H groups in total. The van der Waals surface area contributed by atoms with Crippen LogP contribution in [0.4, 0.5) is 0 Å². The third kappa shape index (κ3) is 1.91. The number of nitrogens with zero attached hydrogens (tertiary/aromatic N) is 1. The zero-order valence-corrected chi connectivity index (χ0v) is 8.54. The zero-order chi connectivity index (χ0) is 9.97. The first kappa shape index (κ1) is 9.93. The molecule has 0 aliphatic carbocycles. The molecular weight excluding hydrogens is 178 g/mol. The van der Waals surface area contributed by atoms with Gasteiger partial charge >= 0.3 is 0 Å². The van der Waals surface area contributed by atoms with E-state index in [9.17, 15) is 4.79 Å². The van der Waals surface area contributed by atoms with Gasteiger partial charge in [0.05, 0.1) is 6.04 Å². The normalized spacial score (nSPS) is 30.7. The average molecular weight is 197 g/mol. The third-order valence-electron chi connectivity index (χ3n) is 3.40. The minimum atomic E-state index is -0.138. The van der Waals surface area contributed by atoms with E-state index in [-0.39, 0.29) is 11.9 Å². The summed E-state index contributed by atoms with van der Waals surface area (Å²) in [5.74, 6) is -0.138. The zero-order valence-electron chi connectivity index (χ0n) is 8.54. The third-order valence-corrected chi connectivity index (χ3v) is 3.40. The van der Waals surface area contributed by atoms with Crippen molar-refractivity contribution in [2.45, 2.75) is 37.8 Å². The van der Waals surface area contributed by atoms with Gasteiger partial charge in [0.1, 0.15) is 0 Å². The molecule has 0 aromatic heterocycles. The van der Waals surface area contributed by atoms with Crippen LogP contribution in [0.25, 0.3) is 0 Å². The van der Waals surface area contributed by atoms with Crippen molar-refractivity contribution < 1.29 is 4.79 Å². The van der Waals surface area contributed by atoms with Gasteiger partial charge in [-0.05, 0) is 45.3 Å². The van der Waals surface area contributed by atoms with Crippen LogP contribution in [-0.2, 0) is 4.79 Å². The highest BCUT2D eigenvalue weighted by molar-refractivity contribution is 5.80.